The van der Waals surface area contributed by atoms with Crippen LogP contribution < -0.4 is 4.90 Å². The summed E-state index contributed by atoms with van der Waals surface area (Å²) in [7, 11) is 0. The molecule has 0 saturated carbocycles. The molecule has 0 aliphatic carbocycles. The summed E-state index contributed by atoms with van der Waals surface area (Å²) >= 11 is 0. The van der Waals surface area contributed by atoms with Gasteiger partial charge >= 0.3 is 11.9 Å². The molecule has 8 heteroatoms. The highest BCUT2D eigenvalue weighted by Gasteiger charge is 2.25. The summed E-state index contributed by atoms with van der Waals surface area (Å²) in [4.78, 5) is 41.0. The molecule has 0 bridgehead atoms. The van der Waals surface area contributed by atoms with E-state index in [4.69, 9.17) is 9.47 Å². The molecule has 1 aromatic carbocycles. The van der Waals surface area contributed by atoms with Gasteiger partial charge in [0.2, 0.25) is 0 Å². The Labute approximate surface area is 162 Å². The van der Waals surface area contributed by atoms with E-state index in [-0.39, 0.29) is 17.9 Å². The molecule has 0 aliphatic heterocycles. The lowest BCUT2D eigenvalue weighted by molar-refractivity contribution is -0.121. The maximum absolute atomic E-state index is 13.1. The molecule has 0 atom stereocenters. The molecule has 150 valence electrons. The fourth-order valence-corrected chi connectivity index (χ4v) is 2.86. The monoisotopic (exact) mass is 390 g/mol. The van der Waals surface area contributed by atoms with E-state index >= 15 is 0 Å². The van der Waals surface area contributed by atoms with Crippen LogP contribution >= 0.6 is 0 Å². The number of amides is 1. The summed E-state index contributed by atoms with van der Waals surface area (Å²) in [6.07, 6.45) is 0. The zero-order valence-corrected chi connectivity index (χ0v) is 16.3. The van der Waals surface area contributed by atoms with E-state index in [0.29, 0.717) is 23.5 Å². The number of carbonyl (C=O) groups excluding carboxylic acids is 3. The van der Waals surface area contributed by atoms with E-state index < -0.39 is 30.3 Å². The summed E-state index contributed by atoms with van der Waals surface area (Å²) in [5, 5.41) is 0. The van der Waals surface area contributed by atoms with E-state index in [1.807, 2.05) is 0 Å². The van der Waals surface area contributed by atoms with Gasteiger partial charge < -0.3 is 19.4 Å². The van der Waals surface area contributed by atoms with Crippen molar-refractivity contribution in [2.24, 2.45) is 0 Å². The average Bonchev–Trinajstić information content (AvgIpc) is 2.96. The summed E-state index contributed by atoms with van der Waals surface area (Å²) in [5.74, 6) is -2.13. The number of aromatic nitrogens is 1. The second-order valence-corrected chi connectivity index (χ2v) is 6.04. The highest BCUT2D eigenvalue weighted by atomic mass is 19.1. The number of benzene rings is 1. The second-order valence-electron chi connectivity index (χ2n) is 6.04. The molecule has 0 spiro atoms. The van der Waals surface area contributed by atoms with Gasteiger partial charge in [0, 0.05) is 17.9 Å². The molecule has 1 heterocycles. The highest BCUT2D eigenvalue weighted by Crippen LogP contribution is 2.20. The lowest BCUT2D eigenvalue weighted by atomic mass is 10.1. The maximum Gasteiger partial charge on any atom is 0.355 e. The molecule has 0 unspecified atom stereocenters. The van der Waals surface area contributed by atoms with Gasteiger partial charge in [-0.05, 0) is 57.5 Å². The largest absolute Gasteiger partial charge is 0.461 e. The van der Waals surface area contributed by atoms with Crippen molar-refractivity contribution in [3.8, 4) is 0 Å². The molecule has 1 aromatic heterocycles. The molecule has 1 N–H and O–H groups in total. The van der Waals surface area contributed by atoms with E-state index in [1.54, 1.807) is 27.7 Å². The summed E-state index contributed by atoms with van der Waals surface area (Å²) in [6.45, 7) is 6.73. The first-order valence-electron chi connectivity index (χ1n) is 8.89. The van der Waals surface area contributed by atoms with Crippen LogP contribution in [0.1, 0.15) is 46.0 Å². The van der Waals surface area contributed by atoms with Crippen molar-refractivity contribution in [3.63, 3.8) is 0 Å². The molecule has 2 rings (SSSR count). The van der Waals surface area contributed by atoms with Gasteiger partial charge in [-0.3, -0.25) is 4.79 Å². The summed E-state index contributed by atoms with van der Waals surface area (Å²) in [5.41, 5.74) is 1.73. The number of rotatable bonds is 7. The zero-order valence-electron chi connectivity index (χ0n) is 16.3. The van der Waals surface area contributed by atoms with Crippen molar-refractivity contribution >= 4 is 23.5 Å². The first-order chi connectivity index (χ1) is 13.3. The Hall–Kier alpha value is -3.16. The Morgan fingerprint density at radius 2 is 1.68 bits per heavy atom. The Bertz CT molecular complexity index is 873. The van der Waals surface area contributed by atoms with Crippen LogP contribution in [0.25, 0.3) is 0 Å². The van der Waals surface area contributed by atoms with Crippen LogP contribution in [-0.4, -0.2) is 42.6 Å². The number of hydrogen-bond donors (Lipinski definition) is 1. The van der Waals surface area contributed by atoms with Gasteiger partial charge in [0.1, 0.15) is 11.5 Å². The van der Waals surface area contributed by atoms with Crippen molar-refractivity contribution in [2.45, 2.75) is 27.7 Å². The number of aryl methyl sites for hydroxylation is 1. The van der Waals surface area contributed by atoms with Gasteiger partial charge in [-0.15, -0.1) is 0 Å². The van der Waals surface area contributed by atoms with Crippen LogP contribution in [-0.2, 0) is 14.3 Å². The quantitative estimate of drug-likeness (QED) is 0.734. The fourth-order valence-electron chi connectivity index (χ4n) is 2.86. The standard InChI is InChI=1S/C20H23FN2O5/c1-5-23(15-9-7-14(21)8-10-15)16(24)11-28-19(25)17-12(3)18(22-13(17)4)20(26)27-6-2/h7-10,22H,5-6,11H2,1-4H3. The van der Waals surface area contributed by atoms with Crippen LogP contribution in [0.4, 0.5) is 10.1 Å². The van der Waals surface area contributed by atoms with E-state index in [9.17, 15) is 18.8 Å². The SMILES string of the molecule is CCOC(=O)c1[nH]c(C)c(C(=O)OCC(=O)N(CC)c2ccc(F)cc2)c1C. The van der Waals surface area contributed by atoms with Gasteiger partial charge in [-0.2, -0.15) is 0 Å². The Kier molecular flexibility index (Phi) is 6.92. The van der Waals surface area contributed by atoms with Crippen molar-refractivity contribution in [1.29, 1.82) is 0 Å². The molecule has 0 saturated heterocycles. The minimum absolute atomic E-state index is 0.180. The van der Waals surface area contributed by atoms with Gasteiger partial charge in [0.15, 0.2) is 6.61 Å². The molecule has 0 aliphatic rings. The molecule has 0 fully saturated rings. The minimum atomic E-state index is -0.717. The number of esters is 2. The smallest absolute Gasteiger partial charge is 0.355 e. The van der Waals surface area contributed by atoms with Crippen molar-refractivity contribution in [1.82, 2.24) is 4.98 Å². The van der Waals surface area contributed by atoms with Gasteiger partial charge in [0.25, 0.3) is 5.91 Å². The number of nitrogens with zero attached hydrogens (tertiary/aromatic N) is 1. The molecule has 0 radical (unpaired) electrons. The summed E-state index contributed by atoms with van der Waals surface area (Å²) < 4.78 is 23.2. The fraction of sp³-hybridized carbons (Fsp3) is 0.350. The maximum atomic E-state index is 13.1. The number of ether oxygens (including phenoxy) is 2. The molecular weight excluding hydrogens is 367 g/mol. The second kappa shape index (κ2) is 9.16. The first kappa shape index (κ1) is 21.1. The number of H-pyrrole nitrogens is 1. The summed E-state index contributed by atoms with van der Waals surface area (Å²) in [6, 6.07) is 5.46. The first-order valence-corrected chi connectivity index (χ1v) is 8.89. The normalized spacial score (nSPS) is 10.5. The third-order valence-electron chi connectivity index (χ3n) is 4.20. The van der Waals surface area contributed by atoms with Crippen LogP contribution in [0.15, 0.2) is 24.3 Å². The van der Waals surface area contributed by atoms with Crippen LogP contribution in [0.2, 0.25) is 0 Å². The number of hydrogen-bond acceptors (Lipinski definition) is 5. The molecule has 2 aromatic rings. The number of carbonyl (C=O) groups is 3. The molecule has 28 heavy (non-hydrogen) atoms. The Morgan fingerprint density at radius 3 is 2.25 bits per heavy atom. The van der Waals surface area contributed by atoms with Crippen LogP contribution in [0.3, 0.4) is 0 Å². The highest BCUT2D eigenvalue weighted by molar-refractivity contribution is 6.00. The number of nitrogens with one attached hydrogen (secondary N) is 1. The number of anilines is 1. The van der Waals surface area contributed by atoms with Gasteiger partial charge in [0.05, 0.1) is 12.2 Å². The third-order valence-corrected chi connectivity index (χ3v) is 4.20. The number of halogens is 1. The van der Waals surface area contributed by atoms with E-state index in [0.717, 1.165) is 0 Å². The van der Waals surface area contributed by atoms with E-state index in [1.165, 1.54) is 29.2 Å². The lowest BCUT2D eigenvalue weighted by Crippen LogP contribution is -2.34. The van der Waals surface area contributed by atoms with Gasteiger partial charge in [-0.25, -0.2) is 14.0 Å². The molecular formula is C20H23FN2O5. The average molecular weight is 390 g/mol. The van der Waals surface area contributed by atoms with E-state index in [2.05, 4.69) is 4.98 Å². The topological polar surface area (TPSA) is 88.7 Å². The molecule has 7 nitrogen and oxygen atoms in total. The van der Waals surface area contributed by atoms with Crippen molar-refractivity contribution in [2.75, 3.05) is 24.7 Å². The van der Waals surface area contributed by atoms with Crippen LogP contribution in [0, 0.1) is 19.7 Å². The third kappa shape index (κ3) is 4.57. The number of aromatic amines is 1. The zero-order chi connectivity index (χ0) is 20.8. The van der Waals surface area contributed by atoms with Crippen molar-refractivity contribution < 1.29 is 28.2 Å². The minimum Gasteiger partial charge on any atom is -0.461 e. The number of likely N-dealkylation sites (N-methyl/N-ethyl adjacent to an activating group) is 1. The predicted octanol–water partition coefficient (Wildman–Crippen LogP) is 3.16. The molecule has 1 amide bonds. The lowest BCUT2D eigenvalue weighted by Gasteiger charge is -2.20. The Morgan fingerprint density at radius 1 is 1.04 bits per heavy atom. The Balaban J connectivity index is 2.10. The predicted molar refractivity (Wildman–Crippen MR) is 101 cm³/mol. The van der Waals surface area contributed by atoms with Crippen molar-refractivity contribution in [3.05, 3.63) is 52.6 Å². The van der Waals surface area contributed by atoms with Crippen LogP contribution in [0.5, 0.6) is 0 Å². The van der Waals surface area contributed by atoms with Gasteiger partial charge in [-0.1, -0.05) is 0 Å².